The van der Waals surface area contributed by atoms with E-state index in [4.69, 9.17) is 5.84 Å². The van der Waals surface area contributed by atoms with E-state index in [1.165, 1.54) is 38.6 Å². The number of hydrazine groups is 1. The highest BCUT2D eigenvalue weighted by molar-refractivity contribution is 5.75. The molecule has 16 heavy (non-hydrogen) atoms. The van der Waals surface area contributed by atoms with Crippen LogP contribution in [0.15, 0.2) is 0 Å². The first kappa shape index (κ1) is 11.9. The summed E-state index contributed by atoms with van der Waals surface area (Å²) in [4.78, 5) is 13.6. The molecular formula is C12H23N3O. The van der Waals surface area contributed by atoms with Gasteiger partial charge in [-0.3, -0.25) is 10.2 Å². The van der Waals surface area contributed by atoms with Crippen LogP contribution in [-0.2, 0) is 4.79 Å². The Balaban J connectivity index is 1.73. The summed E-state index contributed by atoms with van der Waals surface area (Å²) in [6.07, 6.45) is 8.44. The van der Waals surface area contributed by atoms with Crippen LogP contribution in [-0.4, -0.2) is 29.9 Å². The molecule has 2 unspecified atom stereocenters. The summed E-state index contributed by atoms with van der Waals surface area (Å²) in [5.74, 6) is 5.96. The Labute approximate surface area is 97.5 Å². The van der Waals surface area contributed by atoms with Crippen molar-refractivity contribution in [3.8, 4) is 0 Å². The topological polar surface area (TPSA) is 58.4 Å². The molecule has 2 rings (SSSR count). The highest BCUT2D eigenvalue weighted by atomic mass is 16.2. The summed E-state index contributed by atoms with van der Waals surface area (Å²) in [6.45, 7) is 2.29. The van der Waals surface area contributed by atoms with Gasteiger partial charge in [0.15, 0.2) is 0 Å². The van der Waals surface area contributed by atoms with Gasteiger partial charge in [0, 0.05) is 12.5 Å². The number of carbonyl (C=O) groups is 1. The number of nitrogens with zero attached hydrogens (tertiary/aromatic N) is 1. The Hall–Kier alpha value is -0.610. The molecule has 0 bridgehead atoms. The highest BCUT2D eigenvalue weighted by Crippen LogP contribution is 2.36. The molecule has 0 aromatic heterocycles. The average molecular weight is 225 g/mol. The fraction of sp³-hybridized carbons (Fsp3) is 0.917. The molecular weight excluding hydrogens is 202 g/mol. The van der Waals surface area contributed by atoms with E-state index in [0.29, 0.717) is 6.42 Å². The molecule has 2 fully saturated rings. The maximum Gasteiger partial charge on any atom is 0.233 e. The molecule has 1 aliphatic heterocycles. The molecule has 1 saturated heterocycles. The lowest BCUT2D eigenvalue weighted by Gasteiger charge is -2.37. The molecule has 1 saturated carbocycles. The third-order valence-electron chi connectivity index (χ3n) is 4.12. The van der Waals surface area contributed by atoms with Crippen LogP contribution in [0.1, 0.15) is 44.9 Å². The van der Waals surface area contributed by atoms with Crippen LogP contribution in [0.5, 0.6) is 0 Å². The van der Waals surface area contributed by atoms with Crippen molar-refractivity contribution in [3.63, 3.8) is 0 Å². The second kappa shape index (κ2) is 5.64. The van der Waals surface area contributed by atoms with Gasteiger partial charge < -0.3 is 4.90 Å². The largest absolute Gasteiger partial charge is 0.300 e. The molecule has 1 amide bonds. The number of hydrogen-bond acceptors (Lipinski definition) is 3. The maximum absolute atomic E-state index is 11.0. The average Bonchev–Trinajstić information content (AvgIpc) is 2.77. The molecule has 0 spiro atoms. The number of amides is 1. The van der Waals surface area contributed by atoms with E-state index in [2.05, 4.69) is 10.3 Å². The SMILES string of the molecule is NNC(=O)CCCN1CCCC2CCCC21. The van der Waals surface area contributed by atoms with E-state index in [9.17, 15) is 4.79 Å². The summed E-state index contributed by atoms with van der Waals surface area (Å²) in [5.41, 5.74) is 2.19. The van der Waals surface area contributed by atoms with Gasteiger partial charge in [-0.2, -0.15) is 0 Å². The third-order valence-corrected chi connectivity index (χ3v) is 4.12. The van der Waals surface area contributed by atoms with Gasteiger partial charge in [-0.1, -0.05) is 6.42 Å². The molecule has 1 heterocycles. The molecule has 4 heteroatoms. The van der Waals surface area contributed by atoms with Crippen molar-refractivity contribution in [2.45, 2.75) is 51.0 Å². The van der Waals surface area contributed by atoms with Gasteiger partial charge >= 0.3 is 0 Å². The minimum Gasteiger partial charge on any atom is -0.300 e. The first-order valence-corrected chi connectivity index (χ1v) is 6.55. The van der Waals surface area contributed by atoms with Gasteiger partial charge in [0.05, 0.1) is 0 Å². The fourth-order valence-corrected chi connectivity index (χ4v) is 3.35. The zero-order valence-electron chi connectivity index (χ0n) is 9.95. The molecule has 2 aliphatic rings. The molecule has 2 atom stereocenters. The van der Waals surface area contributed by atoms with Gasteiger partial charge in [0.1, 0.15) is 0 Å². The maximum atomic E-state index is 11.0. The molecule has 1 aliphatic carbocycles. The van der Waals surface area contributed by atoms with Crippen LogP contribution in [0.4, 0.5) is 0 Å². The lowest BCUT2D eigenvalue weighted by atomic mass is 9.92. The normalized spacial score (nSPS) is 30.1. The number of piperidine rings is 1. The van der Waals surface area contributed by atoms with Gasteiger partial charge in [-0.15, -0.1) is 0 Å². The van der Waals surface area contributed by atoms with Gasteiger partial charge in [0.25, 0.3) is 0 Å². The Morgan fingerprint density at radius 1 is 1.31 bits per heavy atom. The van der Waals surface area contributed by atoms with Crippen LogP contribution in [0.2, 0.25) is 0 Å². The van der Waals surface area contributed by atoms with Crippen molar-refractivity contribution in [2.24, 2.45) is 11.8 Å². The van der Waals surface area contributed by atoms with Crippen molar-refractivity contribution >= 4 is 5.91 Å². The third kappa shape index (κ3) is 2.74. The van der Waals surface area contributed by atoms with Crippen LogP contribution in [0.3, 0.4) is 0 Å². The van der Waals surface area contributed by atoms with E-state index in [-0.39, 0.29) is 5.91 Å². The first-order chi connectivity index (χ1) is 7.81. The minimum absolute atomic E-state index is 0.0417. The summed E-state index contributed by atoms with van der Waals surface area (Å²) < 4.78 is 0. The standard InChI is InChI=1S/C12H23N3O/c13-14-12(16)7-3-9-15-8-2-5-10-4-1-6-11(10)15/h10-11H,1-9,13H2,(H,14,16). The predicted octanol–water partition coefficient (Wildman–Crippen LogP) is 1.02. The minimum atomic E-state index is -0.0417. The fourth-order valence-electron chi connectivity index (χ4n) is 3.35. The smallest absolute Gasteiger partial charge is 0.233 e. The van der Waals surface area contributed by atoms with E-state index < -0.39 is 0 Å². The Morgan fingerprint density at radius 2 is 2.12 bits per heavy atom. The summed E-state index contributed by atoms with van der Waals surface area (Å²) >= 11 is 0. The quantitative estimate of drug-likeness (QED) is 0.427. The number of fused-ring (bicyclic) bond motifs is 1. The number of nitrogens with one attached hydrogen (secondary N) is 1. The van der Waals surface area contributed by atoms with Crippen LogP contribution in [0, 0.1) is 5.92 Å². The Morgan fingerprint density at radius 3 is 2.94 bits per heavy atom. The highest BCUT2D eigenvalue weighted by Gasteiger charge is 2.34. The number of nitrogens with two attached hydrogens (primary N) is 1. The molecule has 92 valence electrons. The first-order valence-electron chi connectivity index (χ1n) is 6.55. The number of likely N-dealkylation sites (tertiary alicyclic amines) is 1. The van der Waals surface area contributed by atoms with Crippen molar-refractivity contribution in [1.82, 2.24) is 10.3 Å². The van der Waals surface area contributed by atoms with Gasteiger partial charge in [0.2, 0.25) is 5.91 Å². The van der Waals surface area contributed by atoms with E-state index in [1.54, 1.807) is 0 Å². The summed E-state index contributed by atoms with van der Waals surface area (Å²) in [6, 6.07) is 0.815. The predicted molar refractivity (Wildman–Crippen MR) is 63.5 cm³/mol. The van der Waals surface area contributed by atoms with E-state index in [0.717, 1.165) is 24.9 Å². The van der Waals surface area contributed by atoms with Gasteiger partial charge in [-0.05, 0) is 51.1 Å². The van der Waals surface area contributed by atoms with E-state index >= 15 is 0 Å². The molecule has 3 N–H and O–H groups in total. The lowest BCUT2D eigenvalue weighted by Crippen LogP contribution is -2.43. The summed E-state index contributed by atoms with van der Waals surface area (Å²) in [5, 5.41) is 0. The zero-order valence-corrected chi connectivity index (χ0v) is 9.95. The zero-order chi connectivity index (χ0) is 11.4. The lowest BCUT2D eigenvalue weighted by molar-refractivity contribution is -0.121. The second-order valence-electron chi connectivity index (χ2n) is 5.11. The molecule has 0 aromatic rings. The number of rotatable bonds is 4. The number of hydrogen-bond donors (Lipinski definition) is 2. The van der Waals surface area contributed by atoms with Crippen LogP contribution < -0.4 is 11.3 Å². The molecule has 0 radical (unpaired) electrons. The molecule has 0 aromatic carbocycles. The van der Waals surface area contributed by atoms with Crippen molar-refractivity contribution in [3.05, 3.63) is 0 Å². The Bertz CT molecular complexity index is 244. The van der Waals surface area contributed by atoms with E-state index in [1.807, 2.05) is 0 Å². The monoisotopic (exact) mass is 225 g/mol. The Kier molecular flexibility index (Phi) is 4.18. The summed E-state index contributed by atoms with van der Waals surface area (Å²) in [7, 11) is 0. The number of carbonyl (C=O) groups excluding carboxylic acids is 1. The molecule has 4 nitrogen and oxygen atoms in total. The van der Waals surface area contributed by atoms with Crippen LogP contribution in [0.25, 0.3) is 0 Å². The van der Waals surface area contributed by atoms with Crippen molar-refractivity contribution in [2.75, 3.05) is 13.1 Å². The second-order valence-corrected chi connectivity index (χ2v) is 5.11. The van der Waals surface area contributed by atoms with Crippen molar-refractivity contribution in [1.29, 1.82) is 0 Å². The van der Waals surface area contributed by atoms with Gasteiger partial charge in [-0.25, -0.2) is 5.84 Å². The van der Waals surface area contributed by atoms with Crippen LogP contribution >= 0.6 is 0 Å². The van der Waals surface area contributed by atoms with Crippen molar-refractivity contribution < 1.29 is 4.79 Å².